The zero-order chi connectivity index (χ0) is 13.9. The average molecular weight is 288 g/mol. The summed E-state index contributed by atoms with van der Waals surface area (Å²) in [6, 6.07) is 11.7. The van der Waals surface area contributed by atoms with Crippen molar-refractivity contribution in [1.82, 2.24) is 14.5 Å². The fourth-order valence-corrected chi connectivity index (χ4v) is 2.38. The van der Waals surface area contributed by atoms with Gasteiger partial charge < -0.3 is 4.74 Å². The van der Waals surface area contributed by atoms with Gasteiger partial charge in [0.15, 0.2) is 5.65 Å². The largest absolute Gasteiger partial charge is 0.497 e. The van der Waals surface area contributed by atoms with E-state index in [9.17, 15) is 0 Å². The summed E-state index contributed by atoms with van der Waals surface area (Å²) < 4.78 is 7.23. The first-order valence-corrected chi connectivity index (χ1v) is 6.89. The van der Waals surface area contributed by atoms with Crippen molar-refractivity contribution in [3.05, 3.63) is 48.4 Å². The Bertz CT molecular complexity index is 722. The monoisotopic (exact) mass is 287 g/mol. The molecule has 5 heteroatoms. The van der Waals surface area contributed by atoms with E-state index < -0.39 is 0 Å². The molecule has 0 aliphatic rings. The van der Waals surface area contributed by atoms with Gasteiger partial charge >= 0.3 is 0 Å². The number of aryl methyl sites for hydroxylation is 1. The third-order valence-electron chi connectivity index (χ3n) is 3.13. The van der Waals surface area contributed by atoms with Gasteiger partial charge in [-0.15, -0.1) is 11.6 Å². The predicted molar refractivity (Wildman–Crippen MR) is 79.8 cm³/mol. The van der Waals surface area contributed by atoms with Crippen LogP contribution in [0.2, 0.25) is 0 Å². The molecule has 0 fully saturated rings. The molecule has 1 aromatic carbocycles. The number of benzene rings is 1. The Balaban J connectivity index is 2.18. The summed E-state index contributed by atoms with van der Waals surface area (Å²) >= 11 is 5.88. The molecule has 0 radical (unpaired) electrons. The van der Waals surface area contributed by atoms with Crippen molar-refractivity contribution >= 4 is 22.8 Å². The van der Waals surface area contributed by atoms with Crippen LogP contribution in [-0.2, 0) is 6.42 Å². The molecule has 20 heavy (non-hydrogen) atoms. The molecular weight excluding hydrogens is 274 g/mol. The maximum absolute atomic E-state index is 5.88. The molecular formula is C15H14ClN3O. The van der Waals surface area contributed by atoms with Crippen molar-refractivity contribution in [2.45, 2.75) is 6.42 Å². The second-order valence-electron chi connectivity index (χ2n) is 4.35. The van der Waals surface area contributed by atoms with Crippen LogP contribution in [0.15, 0.2) is 42.6 Å². The van der Waals surface area contributed by atoms with E-state index in [-0.39, 0.29) is 0 Å². The van der Waals surface area contributed by atoms with Gasteiger partial charge in [0.1, 0.15) is 17.1 Å². The van der Waals surface area contributed by atoms with Crippen LogP contribution >= 0.6 is 11.6 Å². The predicted octanol–water partition coefficient (Wildman–Crippen LogP) is 3.21. The van der Waals surface area contributed by atoms with Crippen molar-refractivity contribution in [2.75, 3.05) is 13.0 Å². The standard InChI is InChI=1S/C15H14ClN3O/c1-20-12-6-4-11(5-7-12)19-14(8-9-16)18-13-3-2-10-17-15(13)19/h2-7,10H,8-9H2,1H3. The number of hydrogen-bond donors (Lipinski definition) is 0. The normalized spacial score (nSPS) is 10.9. The summed E-state index contributed by atoms with van der Waals surface area (Å²) in [5.74, 6) is 2.27. The van der Waals surface area contributed by atoms with E-state index in [0.29, 0.717) is 12.3 Å². The molecule has 0 saturated carbocycles. The summed E-state index contributed by atoms with van der Waals surface area (Å²) in [5, 5.41) is 0. The number of halogens is 1. The van der Waals surface area contributed by atoms with Crippen LogP contribution in [-0.4, -0.2) is 27.5 Å². The quantitative estimate of drug-likeness (QED) is 0.692. The maximum Gasteiger partial charge on any atom is 0.164 e. The molecule has 0 amide bonds. The molecule has 0 spiro atoms. The van der Waals surface area contributed by atoms with E-state index >= 15 is 0 Å². The number of imidazole rings is 1. The Labute approximate surface area is 122 Å². The summed E-state index contributed by atoms with van der Waals surface area (Å²) in [7, 11) is 1.65. The molecule has 0 saturated heterocycles. The van der Waals surface area contributed by atoms with Gasteiger partial charge in [0.25, 0.3) is 0 Å². The van der Waals surface area contributed by atoms with E-state index in [1.807, 2.05) is 41.0 Å². The molecule has 0 atom stereocenters. The highest BCUT2D eigenvalue weighted by atomic mass is 35.5. The summed E-state index contributed by atoms with van der Waals surface area (Å²) in [4.78, 5) is 9.04. The van der Waals surface area contributed by atoms with Crippen LogP contribution in [0.5, 0.6) is 5.75 Å². The third-order valence-corrected chi connectivity index (χ3v) is 3.32. The number of aromatic nitrogens is 3. The third kappa shape index (κ3) is 2.23. The van der Waals surface area contributed by atoms with Crippen molar-refractivity contribution in [2.24, 2.45) is 0 Å². The number of methoxy groups -OCH3 is 1. The van der Waals surface area contributed by atoms with Crippen LogP contribution < -0.4 is 4.74 Å². The van der Waals surface area contributed by atoms with E-state index in [1.54, 1.807) is 13.3 Å². The fraction of sp³-hybridized carbons (Fsp3) is 0.200. The molecule has 102 valence electrons. The highest BCUT2D eigenvalue weighted by molar-refractivity contribution is 6.17. The van der Waals surface area contributed by atoms with Crippen LogP contribution in [0.4, 0.5) is 0 Å². The smallest absolute Gasteiger partial charge is 0.164 e. The lowest BCUT2D eigenvalue weighted by Gasteiger charge is -2.08. The van der Waals surface area contributed by atoms with Crippen molar-refractivity contribution in [1.29, 1.82) is 0 Å². The van der Waals surface area contributed by atoms with Crippen LogP contribution in [0, 0.1) is 0 Å². The SMILES string of the molecule is COc1ccc(-n2c(CCCl)nc3cccnc32)cc1. The number of alkyl halides is 1. The molecule has 0 aliphatic heterocycles. The Morgan fingerprint density at radius 1 is 1.20 bits per heavy atom. The first-order chi connectivity index (χ1) is 9.83. The van der Waals surface area contributed by atoms with Crippen LogP contribution in [0.1, 0.15) is 5.82 Å². The second-order valence-corrected chi connectivity index (χ2v) is 4.72. The first kappa shape index (κ1) is 12.9. The molecule has 2 aromatic heterocycles. The van der Waals surface area contributed by atoms with Gasteiger partial charge in [0, 0.05) is 24.2 Å². The zero-order valence-corrected chi connectivity index (χ0v) is 11.8. The number of hydrogen-bond acceptors (Lipinski definition) is 3. The van der Waals surface area contributed by atoms with E-state index in [4.69, 9.17) is 16.3 Å². The Hall–Kier alpha value is -2.07. The van der Waals surface area contributed by atoms with Crippen LogP contribution in [0.3, 0.4) is 0 Å². The Kier molecular flexibility index (Phi) is 3.56. The topological polar surface area (TPSA) is 39.9 Å². The Morgan fingerprint density at radius 2 is 2.00 bits per heavy atom. The van der Waals surface area contributed by atoms with Gasteiger partial charge in [-0.1, -0.05) is 0 Å². The van der Waals surface area contributed by atoms with Crippen molar-refractivity contribution in [3.63, 3.8) is 0 Å². The molecule has 0 bridgehead atoms. The molecule has 0 aliphatic carbocycles. The first-order valence-electron chi connectivity index (χ1n) is 6.36. The number of rotatable bonds is 4. The average Bonchev–Trinajstić information content (AvgIpc) is 2.86. The molecule has 4 nitrogen and oxygen atoms in total. The highest BCUT2D eigenvalue weighted by Crippen LogP contribution is 2.22. The van der Waals surface area contributed by atoms with Gasteiger partial charge in [0.2, 0.25) is 0 Å². The van der Waals surface area contributed by atoms with Gasteiger partial charge in [-0.05, 0) is 36.4 Å². The number of ether oxygens (including phenoxy) is 1. The van der Waals surface area contributed by atoms with E-state index in [1.165, 1.54) is 0 Å². The van der Waals surface area contributed by atoms with Crippen molar-refractivity contribution < 1.29 is 4.74 Å². The van der Waals surface area contributed by atoms with Crippen molar-refractivity contribution in [3.8, 4) is 11.4 Å². The summed E-state index contributed by atoms with van der Waals surface area (Å²) in [6.45, 7) is 0. The molecule has 3 aromatic rings. The number of fused-ring (bicyclic) bond motifs is 1. The lowest BCUT2D eigenvalue weighted by molar-refractivity contribution is 0.414. The summed E-state index contributed by atoms with van der Waals surface area (Å²) in [5.41, 5.74) is 2.73. The van der Waals surface area contributed by atoms with Gasteiger partial charge in [-0.25, -0.2) is 9.97 Å². The van der Waals surface area contributed by atoms with Gasteiger partial charge in [-0.2, -0.15) is 0 Å². The Morgan fingerprint density at radius 3 is 2.70 bits per heavy atom. The number of pyridine rings is 1. The lowest BCUT2D eigenvalue weighted by Crippen LogP contribution is -2.02. The lowest BCUT2D eigenvalue weighted by atomic mass is 10.3. The minimum absolute atomic E-state index is 0.527. The minimum atomic E-state index is 0.527. The zero-order valence-electron chi connectivity index (χ0n) is 11.1. The van der Waals surface area contributed by atoms with Gasteiger partial charge in [0.05, 0.1) is 7.11 Å². The molecule has 2 heterocycles. The number of nitrogens with zero attached hydrogens (tertiary/aromatic N) is 3. The summed E-state index contributed by atoms with van der Waals surface area (Å²) in [6.07, 6.45) is 2.47. The van der Waals surface area contributed by atoms with Crippen LogP contribution in [0.25, 0.3) is 16.9 Å². The van der Waals surface area contributed by atoms with Gasteiger partial charge in [-0.3, -0.25) is 4.57 Å². The van der Waals surface area contributed by atoms with E-state index in [2.05, 4.69) is 9.97 Å². The highest BCUT2D eigenvalue weighted by Gasteiger charge is 2.12. The molecule has 0 N–H and O–H groups in total. The van der Waals surface area contributed by atoms with E-state index in [0.717, 1.165) is 28.4 Å². The molecule has 0 unspecified atom stereocenters. The fourth-order valence-electron chi connectivity index (χ4n) is 2.21. The maximum atomic E-state index is 5.88. The minimum Gasteiger partial charge on any atom is -0.497 e. The second kappa shape index (κ2) is 5.51. The molecule has 3 rings (SSSR count).